The van der Waals surface area contributed by atoms with Crippen molar-refractivity contribution in [1.82, 2.24) is 0 Å². The molecule has 0 saturated heterocycles. The summed E-state index contributed by atoms with van der Waals surface area (Å²) in [6, 6.07) is 0. The first kappa shape index (κ1) is 4.51. The molecular weight excluding hydrogens is 60.3 g/mol. The third kappa shape index (κ3) is 2.51. The maximum absolute atomic E-state index is 2.12. The zero-order chi connectivity index (χ0) is 2.12. The van der Waals surface area contributed by atoms with E-state index >= 15 is 0 Å². The molecule has 0 aliphatic heterocycles. The molecule has 0 aromatic heterocycles. The predicted molar refractivity (Wildman–Crippen MR) is 21.7 cm³/mol. The van der Waals surface area contributed by atoms with Crippen molar-refractivity contribution in [1.29, 1.82) is 0 Å². The van der Waals surface area contributed by atoms with E-state index in [0.29, 0.717) is 0 Å². The summed E-state index contributed by atoms with van der Waals surface area (Å²) in [6.45, 7) is 0. The fraction of sp³-hybridized carbons (Fsp3) is 0.333. The minimum Gasteiger partial charge on any atom is -1.00 e. The average Bonchev–Trinajstić information content (AvgIpc) is 1.46. The molecule has 1 aliphatic carbocycles. The van der Waals surface area contributed by atoms with Crippen LogP contribution in [0, 0.1) is 0 Å². The Morgan fingerprint density at radius 1 is 1.50 bits per heavy atom. The van der Waals surface area contributed by atoms with E-state index in [2.05, 4.69) is 12.2 Å². The van der Waals surface area contributed by atoms with Crippen LogP contribution in [0.5, 0.6) is 0 Å². The van der Waals surface area contributed by atoms with Crippen molar-refractivity contribution in [2.45, 2.75) is 6.42 Å². The molecule has 0 bridgehead atoms. The molecule has 0 radical (unpaired) electrons. The number of rotatable bonds is 0. The van der Waals surface area contributed by atoms with Crippen molar-refractivity contribution in [3.05, 3.63) is 12.2 Å². The first-order valence-corrected chi connectivity index (χ1v) is 1.15. The molecule has 1 rings (SSSR count). The zero-order valence-electron chi connectivity index (χ0n) is 4.57. The van der Waals surface area contributed by atoms with Gasteiger partial charge in [-0.15, -0.1) is 0 Å². The van der Waals surface area contributed by atoms with Crippen LogP contribution in [-0.4, -0.2) is 23.1 Å². The molecule has 4 heavy (non-hydrogen) atoms. The smallest absolute Gasteiger partial charge is 1.00 e. The van der Waals surface area contributed by atoms with Crippen molar-refractivity contribution < 1.29 is 2.85 Å². The molecule has 1 aliphatic rings. The van der Waals surface area contributed by atoms with E-state index in [0.717, 1.165) is 0 Å². The summed E-state index contributed by atoms with van der Waals surface area (Å²) in [7, 11) is 0. The van der Waals surface area contributed by atoms with Gasteiger partial charge in [0, 0.05) is 0 Å². The van der Waals surface area contributed by atoms with Crippen LogP contribution in [0.25, 0.3) is 0 Å². The fourth-order valence-electron chi connectivity index (χ4n) is 0. The molecule has 0 heterocycles. The molecule has 20 valence electrons. The third-order valence-electron chi connectivity index (χ3n) is 0.236. The summed E-state index contributed by atoms with van der Waals surface area (Å²) in [4.78, 5) is 0. The second-order valence-corrected chi connectivity index (χ2v) is 0.707. The standard InChI is InChI=1S/C3H4.Mg.2H/c1-2-3-1;;;/h1-2H,3H2;;;/q;+2;2*-1. The fourth-order valence-corrected chi connectivity index (χ4v) is 0. The molecule has 0 atom stereocenters. The molecule has 0 spiro atoms. The van der Waals surface area contributed by atoms with Crippen LogP contribution < -0.4 is 0 Å². The number of hydrogen-bond donors (Lipinski definition) is 0. The maximum Gasteiger partial charge on any atom is 2.00 e. The second-order valence-electron chi connectivity index (χ2n) is 0.707. The quantitative estimate of drug-likeness (QED) is 0.290. The van der Waals surface area contributed by atoms with Crippen LogP contribution in [-0.2, 0) is 0 Å². The van der Waals surface area contributed by atoms with Gasteiger partial charge in [-0.2, -0.15) is 0 Å². The molecule has 0 N–H and O–H groups in total. The Morgan fingerprint density at radius 3 is 1.75 bits per heavy atom. The molecule has 0 fully saturated rings. The summed E-state index contributed by atoms with van der Waals surface area (Å²) in [5.41, 5.74) is 0. The monoisotopic (exact) mass is 66.0 g/mol. The van der Waals surface area contributed by atoms with Crippen LogP contribution >= 0.6 is 0 Å². The minimum atomic E-state index is 0. The van der Waals surface area contributed by atoms with E-state index in [-0.39, 0.29) is 25.9 Å². The van der Waals surface area contributed by atoms with E-state index in [4.69, 9.17) is 0 Å². The molecule has 1 heteroatoms. The van der Waals surface area contributed by atoms with Gasteiger partial charge >= 0.3 is 23.1 Å². The Kier molecular flexibility index (Phi) is 2.02. The zero-order valence-corrected chi connectivity index (χ0v) is 3.98. The maximum atomic E-state index is 2.12. The van der Waals surface area contributed by atoms with Crippen molar-refractivity contribution in [3.63, 3.8) is 0 Å². The Morgan fingerprint density at radius 2 is 1.75 bits per heavy atom. The van der Waals surface area contributed by atoms with Crippen LogP contribution in [0.3, 0.4) is 0 Å². The largest absolute Gasteiger partial charge is 2.00 e. The molecular formula is C3H6Mg. The van der Waals surface area contributed by atoms with Gasteiger partial charge in [-0.25, -0.2) is 0 Å². The van der Waals surface area contributed by atoms with E-state index in [1.54, 1.807) is 0 Å². The summed E-state index contributed by atoms with van der Waals surface area (Å²) in [5.74, 6) is 0. The first-order chi connectivity index (χ1) is 1.50. The molecule has 0 amide bonds. The topological polar surface area (TPSA) is 0 Å². The van der Waals surface area contributed by atoms with E-state index in [9.17, 15) is 0 Å². The van der Waals surface area contributed by atoms with Crippen molar-refractivity contribution in [2.75, 3.05) is 0 Å². The van der Waals surface area contributed by atoms with Gasteiger partial charge in [-0.05, 0) is 6.42 Å². The van der Waals surface area contributed by atoms with Crippen molar-refractivity contribution >= 4 is 23.1 Å². The number of hydrogen-bond acceptors (Lipinski definition) is 0. The van der Waals surface area contributed by atoms with E-state index in [1.807, 2.05) is 0 Å². The normalized spacial score (nSPS) is 14.0. The van der Waals surface area contributed by atoms with Gasteiger partial charge in [0.2, 0.25) is 0 Å². The molecule has 0 unspecified atom stereocenters. The summed E-state index contributed by atoms with van der Waals surface area (Å²) in [6.07, 6.45) is 5.50. The van der Waals surface area contributed by atoms with Gasteiger partial charge in [-0.3, -0.25) is 0 Å². The third-order valence-corrected chi connectivity index (χ3v) is 0.236. The Balaban J connectivity index is -0.0000000300. The summed E-state index contributed by atoms with van der Waals surface area (Å²) >= 11 is 0. The SMILES string of the molecule is C1=CC1.[H-].[H-].[Mg+2]. The van der Waals surface area contributed by atoms with E-state index < -0.39 is 0 Å². The molecule has 0 aromatic carbocycles. The van der Waals surface area contributed by atoms with Crippen LogP contribution in [0.1, 0.15) is 9.27 Å². The van der Waals surface area contributed by atoms with Crippen molar-refractivity contribution in [3.8, 4) is 0 Å². The summed E-state index contributed by atoms with van der Waals surface area (Å²) < 4.78 is 0. The molecule has 0 aromatic rings. The van der Waals surface area contributed by atoms with Crippen LogP contribution in [0.15, 0.2) is 12.2 Å². The summed E-state index contributed by atoms with van der Waals surface area (Å²) in [5, 5.41) is 0. The van der Waals surface area contributed by atoms with E-state index in [1.165, 1.54) is 6.42 Å². The predicted octanol–water partition coefficient (Wildman–Crippen LogP) is 0.790. The van der Waals surface area contributed by atoms with Gasteiger partial charge < -0.3 is 2.85 Å². The van der Waals surface area contributed by atoms with Gasteiger partial charge in [-0.1, -0.05) is 12.2 Å². The Bertz CT molecular complexity index is 31.8. The second kappa shape index (κ2) is 1.79. The van der Waals surface area contributed by atoms with Gasteiger partial charge in [0.25, 0.3) is 0 Å². The average molecular weight is 66.4 g/mol. The van der Waals surface area contributed by atoms with Crippen LogP contribution in [0.2, 0.25) is 0 Å². The van der Waals surface area contributed by atoms with Crippen LogP contribution in [0.4, 0.5) is 0 Å². The van der Waals surface area contributed by atoms with Crippen molar-refractivity contribution in [2.24, 2.45) is 0 Å². The minimum absolute atomic E-state index is 0. The Hall–Kier alpha value is 0.506. The molecule has 0 saturated carbocycles. The Labute approximate surface area is 45.0 Å². The van der Waals surface area contributed by atoms with Gasteiger partial charge in [0.1, 0.15) is 0 Å². The van der Waals surface area contributed by atoms with Gasteiger partial charge in [0.05, 0.1) is 0 Å². The molecule has 0 nitrogen and oxygen atoms in total. The first-order valence-electron chi connectivity index (χ1n) is 1.15. The van der Waals surface area contributed by atoms with Gasteiger partial charge in [0.15, 0.2) is 0 Å². The number of allylic oxidation sites excluding steroid dienone is 2.